The van der Waals surface area contributed by atoms with Crippen molar-refractivity contribution in [3.63, 3.8) is 0 Å². The van der Waals surface area contributed by atoms with Gasteiger partial charge >= 0.3 is 6.18 Å². The number of nitrogens with one attached hydrogen (secondary N) is 1. The predicted octanol–water partition coefficient (Wildman–Crippen LogP) is 3.03. The average Bonchev–Trinajstić information content (AvgIpc) is 2.87. The van der Waals surface area contributed by atoms with Gasteiger partial charge in [-0.1, -0.05) is 23.4 Å². The van der Waals surface area contributed by atoms with Crippen LogP contribution in [0.1, 0.15) is 11.5 Å². The second-order valence-electron chi connectivity index (χ2n) is 4.01. The quantitative estimate of drug-likeness (QED) is 0.677. The first-order valence-electron chi connectivity index (χ1n) is 5.82. The summed E-state index contributed by atoms with van der Waals surface area (Å²) in [7, 11) is 0. The van der Waals surface area contributed by atoms with Gasteiger partial charge in [-0.3, -0.25) is 0 Å². The fourth-order valence-corrected chi connectivity index (χ4v) is 1.56. The van der Waals surface area contributed by atoms with Crippen LogP contribution in [0.25, 0.3) is 11.4 Å². The van der Waals surface area contributed by atoms with E-state index in [9.17, 15) is 13.2 Å². The van der Waals surface area contributed by atoms with E-state index in [-0.39, 0.29) is 11.4 Å². The number of nitrogens with zero attached hydrogens (tertiary/aromatic N) is 2. The molecule has 1 aromatic carbocycles. The zero-order chi connectivity index (χ0) is 14.6. The lowest BCUT2D eigenvalue weighted by molar-refractivity contribution is -0.137. The maximum absolute atomic E-state index is 12.6. The minimum atomic E-state index is -4.39. The van der Waals surface area contributed by atoms with Crippen molar-refractivity contribution in [2.75, 3.05) is 6.54 Å². The Morgan fingerprint density at radius 2 is 2.15 bits per heavy atom. The van der Waals surface area contributed by atoms with Crippen molar-refractivity contribution in [1.82, 2.24) is 15.5 Å². The summed E-state index contributed by atoms with van der Waals surface area (Å²) in [6.45, 7) is 4.44. The molecular weight excluding hydrogens is 271 g/mol. The van der Waals surface area contributed by atoms with E-state index < -0.39 is 11.7 Å². The van der Waals surface area contributed by atoms with Crippen molar-refractivity contribution in [3.8, 4) is 11.4 Å². The third kappa shape index (κ3) is 3.45. The Hall–Kier alpha value is -2.15. The van der Waals surface area contributed by atoms with Gasteiger partial charge in [0.1, 0.15) is 0 Å². The number of halogens is 3. The average molecular weight is 283 g/mol. The van der Waals surface area contributed by atoms with Gasteiger partial charge in [-0.25, -0.2) is 0 Å². The fourth-order valence-electron chi connectivity index (χ4n) is 1.56. The predicted molar refractivity (Wildman–Crippen MR) is 66.6 cm³/mol. The minimum absolute atomic E-state index is 0.131. The molecular formula is C13H12F3N3O. The molecule has 0 atom stereocenters. The molecule has 0 aliphatic carbocycles. The standard InChI is InChI=1S/C13H12F3N3O/c1-2-6-17-8-11-18-12(19-20-11)9-4-3-5-10(7-9)13(14,15)16/h2-5,7,17H,1,6,8H2. The third-order valence-electron chi connectivity index (χ3n) is 2.48. The summed E-state index contributed by atoms with van der Waals surface area (Å²) in [5, 5.41) is 6.63. The van der Waals surface area contributed by atoms with E-state index in [4.69, 9.17) is 4.52 Å². The van der Waals surface area contributed by atoms with Crippen LogP contribution in [0.4, 0.5) is 13.2 Å². The van der Waals surface area contributed by atoms with E-state index in [0.717, 1.165) is 12.1 Å². The molecule has 0 bridgehead atoms. The van der Waals surface area contributed by atoms with Crippen molar-refractivity contribution in [1.29, 1.82) is 0 Å². The molecule has 106 valence electrons. The molecule has 0 unspecified atom stereocenters. The van der Waals surface area contributed by atoms with Crippen LogP contribution in [0.5, 0.6) is 0 Å². The first-order chi connectivity index (χ1) is 9.50. The maximum atomic E-state index is 12.6. The zero-order valence-corrected chi connectivity index (χ0v) is 10.4. The normalized spacial score (nSPS) is 11.6. The molecule has 4 nitrogen and oxygen atoms in total. The molecule has 1 aromatic heterocycles. The number of benzene rings is 1. The Kier molecular flexibility index (Phi) is 4.19. The van der Waals surface area contributed by atoms with E-state index in [2.05, 4.69) is 22.0 Å². The second kappa shape index (κ2) is 5.87. The van der Waals surface area contributed by atoms with Gasteiger partial charge in [0.25, 0.3) is 0 Å². The van der Waals surface area contributed by atoms with Crippen LogP contribution >= 0.6 is 0 Å². The van der Waals surface area contributed by atoms with E-state index in [1.807, 2.05) is 0 Å². The van der Waals surface area contributed by atoms with Gasteiger partial charge in [0, 0.05) is 12.1 Å². The number of hydrogen-bond acceptors (Lipinski definition) is 4. The monoisotopic (exact) mass is 283 g/mol. The minimum Gasteiger partial charge on any atom is -0.338 e. The molecule has 0 fully saturated rings. The summed E-state index contributed by atoms with van der Waals surface area (Å²) < 4.78 is 42.8. The lowest BCUT2D eigenvalue weighted by Gasteiger charge is -2.06. The van der Waals surface area contributed by atoms with Gasteiger partial charge < -0.3 is 9.84 Å². The second-order valence-corrected chi connectivity index (χ2v) is 4.01. The molecule has 2 aromatic rings. The van der Waals surface area contributed by atoms with Crippen molar-refractivity contribution in [2.45, 2.75) is 12.7 Å². The molecule has 1 heterocycles. The number of aromatic nitrogens is 2. The largest absolute Gasteiger partial charge is 0.416 e. The van der Waals surface area contributed by atoms with Crippen molar-refractivity contribution in [3.05, 3.63) is 48.4 Å². The van der Waals surface area contributed by atoms with Crippen LogP contribution in [0.2, 0.25) is 0 Å². The molecule has 7 heteroatoms. The Balaban J connectivity index is 2.17. The molecule has 0 spiro atoms. The summed E-state index contributed by atoms with van der Waals surface area (Å²) in [4.78, 5) is 4.03. The van der Waals surface area contributed by atoms with Crippen LogP contribution in [-0.4, -0.2) is 16.7 Å². The van der Waals surface area contributed by atoms with Crippen molar-refractivity contribution < 1.29 is 17.7 Å². The number of alkyl halides is 3. The fraction of sp³-hybridized carbons (Fsp3) is 0.231. The molecule has 20 heavy (non-hydrogen) atoms. The van der Waals surface area contributed by atoms with E-state index in [1.165, 1.54) is 12.1 Å². The summed E-state index contributed by atoms with van der Waals surface area (Å²) in [6.07, 6.45) is -2.72. The Labute approximate surface area is 113 Å². The van der Waals surface area contributed by atoms with Crippen LogP contribution in [0.15, 0.2) is 41.4 Å². The van der Waals surface area contributed by atoms with E-state index >= 15 is 0 Å². The first-order valence-corrected chi connectivity index (χ1v) is 5.82. The molecule has 0 radical (unpaired) electrons. The number of rotatable bonds is 5. The molecule has 0 aliphatic rings. The molecule has 0 saturated carbocycles. The molecule has 0 amide bonds. The summed E-state index contributed by atoms with van der Waals surface area (Å²) in [5.41, 5.74) is -0.482. The van der Waals surface area contributed by atoms with E-state index in [1.54, 1.807) is 6.08 Å². The van der Waals surface area contributed by atoms with Gasteiger partial charge in [0.15, 0.2) is 0 Å². The third-order valence-corrected chi connectivity index (χ3v) is 2.48. The van der Waals surface area contributed by atoms with Gasteiger partial charge in [-0.2, -0.15) is 18.2 Å². The highest BCUT2D eigenvalue weighted by Crippen LogP contribution is 2.31. The van der Waals surface area contributed by atoms with E-state index in [0.29, 0.717) is 19.0 Å². The summed E-state index contributed by atoms with van der Waals surface area (Å²) in [6, 6.07) is 4.80. The lowest BCUT2D eigenvalue weighted by Crippen LogP contribution is -2.12. The van der Waals surface area contributed by atoms with Crippen molar-refractivity contribution >= 4 is 0 Å². The summed E-state index contributed by atoms with van der Waals surface area (Å²) >= 11 is 0. The van der Waals surface area contributed by atoms with Gasteiger partial charge in [-0.15, -0.1) is 6.58 Å². The summed E-state index contributed by atoms with van der Waals surface area (Å²) in [5.74, 6) is 0.436. The van der Waals surface area contributed by atoms with Gasteiger partial charge in [0.2, 0.25) is 11.7 Å². The molecule has 1 N–H and O–H groups in total. The Bertz CT molecular complexity index is 593. The van der Waals surface area contributed by atoms with Crippen molar-refractivity contribution in [2.24, 2.45) is 0 Å². The Morgan fingerprint density at radius 1 is 1.35 bits per heavy atom. The van der Waals surface area contributed by atoms with Gasteiger partial charge in [-0.05, 0) is 12.1 Å². The van der Waals surface area contributed by atoms with Crippen LogP contribution in [0.3, 0.4) is 0 Å². The zero-order valence-electron chi connectivity index (χ0n) is 10.4. The van der Waals surface area contributed by atoms with Crippen LogP contribution < -0.4 is 5.32 Å². The molecule has 2 rings (SSSR count). The first kappa shape index (κ1) is 14.3. The lowest BCUT2D eigenvalue weighted by atomic mass is 10.1. The SMILES string of the molecule is C=CCNCc1nc(-c2cccc(C(F)(F)F)c2)no1. The van der Waals surface area contributed by atoms with Crippen LogP contribution in [0, 0.1) is 0 Å². The highest BCUT2D eigenvalue weighted by molar-refractivity contribution is 5.55. The maximum Gasteiger partial charge on any atom is 0.416 e. The molecule has 0 aliphatic heterocycles. The highest BCUT2D eigenvalue weighted by atomic mass is 19.4. The van der Waals surface area contributed by atoms with Crippen LogP contribution in [-0.2, 0) is 12.7 Å². The smallest absolute Gasteiger partial charge is 0.338 e. The Morgan fingerprint density at radius 3 is 2.85 bits per heavy atom. The van der Waals surface area contributed by atoms with Gasteiger partial charge in [0.05, 0.1) is 12.1 Å². The topological polar surface area (TPSA) is 51.0 Å². The number of hydrogen-bond donors (Lipinski definition) is 1. The highest BCUT2D eigenvalue weighted by Gasteiger charge is 2.30. The molecule has 0 saturated heterocycles.